The Morgan fingerprint density at radius 3 is 2.25 bits per heavy atom. The number of benzene rings is 2. The molecule has 1 fully saturated rings. The van der Waals surface area contributed by atoms with Crippen LogP contribution in [0.1, 0.15) is 57.1 Å². The van der Waals surface area contributed by atoms with Crippen LogP contribution in [0.5, 0.6) is 0 Å². The van der Waals surface area contributed by atoms with E-state index in [9.17, 15) is 18.0 Å². The summed E-state index contributed by atoms with van der Waals surface area (Å²) in [6.45, 7) is 3.82. The molecule has 7 nitrogen and oxygen atoms in total. The van der Waals surface area contributed by atoms with Crippen LogP contribution in [0.25, 0.3) is 0 Å². The van der Waals surface area contributed by atoms with Crippen LogP contribution in [0.2, 0.25) is 0 Å². The summed E-state index contributed by atoms with van der Waals surface area (Å²) in [5.74, 6) is -0.540. The van der Waals surface area contributed by atoms with Gasteiger partial charge in [-0.3, -0.25) is 13.9 Å². The van der Waals surface area contributed by atoms with Crippen molar-refractivity contribution in [3.63, 3.8) is 0 Å². The van der Waals surface area contributed by atoms with Crippen LogP contribution in [0.15, 0.2) is 54.6 Å². The van der Waals surface area contributed by atoms with Gasteiger partial charge < -0.3 is 10.2 Å². The van der Waals surface area contributed by atoms with Gasteiger partial charge in [0.15, 0.2) is 0 Å². The summed E-state index contributed by atoms with van der Waals surface area (Å²) in [5, 5.41) is 3.13. The van der Waals surface area contributed by atoms with E-state index in [1.165, 1.54) is 4.31 Å². The lowest BCUT2D eigenvalue weighted by Gasteiger charge is -2.33. The standard InChI is InChI=1S/C28H39N3O4S/c1-4-23-15-9-12-18-26(23)31(36(3,34)35)21-27(32)30(20-19-22-13-7-6-8-14-22)25(5-2)28(33)29-24-16-10-11-17-24/h6-9,12-15,18,24-25H,4-5,10-11,16-17,19-21H2,1-3H3,(H,29,33)/t25-/m0/s1. The van der Waals surface area contributed by atoms with E-state index < -0.39 is 16.1 Å². The van der Waals surface area contributed by atoms with Crippen molar-refractivity contribution in [1.29, 1.82) is 0 Å². The Bertz CT molecular complexity index is 1110. The minimum atomic E-state index is -3.73. The van der Waals surface area contributed by atoms with Gasteiger partial charge in [0.2, 0.25) is 21.8 Å². The molecular weight excluding hydrogens is 474 g/mol. The predicted octanol–water partition coefficient (Wildman–Crippen LogP) is 3.92. The van der Waals surface area contributed by atoms with E-state index in [-0.39, 0.29) is 24.4 Å². The second-order valence-electron chi connectivity index (χ2n) is 9.49. The van der Waals surface area contributed by atoms with E-state index in [0.29, 0.717) is 31.5 Å². The minimum absolute atomic E-state index is 0.140. The zero-order chi connectivity index (χ0) is 26.1. The maximum absolute atomic E-state index is 13.8. The number of hydrogen-bond donors (Lipinski definition) is 1. The summed E-state index contributed by atoms with van der Waals surface area (Å²) in [6, 6.07) is 16.5. The number of nitrogens with zero attached hydrogens (tertiary/aromatic N) is 2. The summed E-state index contributed by atoms with van der Waals surface area (Å²) >= 11 is 0. The highest BCUT2D eigenvalue weighted by Gasteiger charge is 2.33. The molecule has 2 aromatic rings. The first-order valence-corrected chi connectivity index (χ1v) is 14.8. The highest BCUT2D eigenvalue weighted by atomic mass is 32.2. The topological polar surface area (TPSA) is 86.8 Å². The number of sulfonamides is 1. The fourth-order valence-electron chi connectivity index (χ4n) is 4.91. The lowest BCUT2D eigenvalue weighted by atomic mass is 10.1. The number of carbonyl (C=O) groups is 2. The normalized spacial score (nSPS) is 14.9. The monoisotopic (exact) mass is 513 g/mol. The molecule has 0 aliphatic heterocycles. The average molecular weight is 514 g/mol. The van der Waals surface area contributed by atoms with Crippen LogP contribution in [0.3, 0.4) is 0 Å². The molecule has 0 heterocycles. The number of nitrogens with one attached hydrogen (secondary N) is 1. The Morgan fingerprint density at radius 2 is 1.64 bits per heavy atom. The molecule has 0 spiro atoms. The zero-order valence-electron chi connectivity index (χ0n) is 21.7. The molecular formula is C28H39N3O4S. The largest absolute Gasteiger partial charge is 0.352 e. The number of amides is 2. The van der Waals surface area contributed by atoms with Gasteiger partial charge in [0.05, 0.1) is 11.9 Å². The first kappa shape index (κ1) is 27.7. The summed E-state index contributed by atoms with van der Waals surface area (Å²) in [4.78, 5) is 28.7. The Kier molecular flexibility index (Phi) is 9.93. The molecule has 0 aromatic heterocycles. The van der Waals surface area contributed by atoms with Gasteiger partial charge in [-0.05, 0) is 49.3 Å². The third-order valence-electron chi connectivity index (χ3n) is 6.89. The second kappa shape index (κ2) is 12.9. The highest BCUT2D eigenvalue weighted by molar-refractivity contribution is 7.92. The van der Waals surface area contributed by atoms with E-state index in [1.54, 1.807) is 17.0 Å². The Labute approximate surface area is 215 Å². The van der Waals surface area contributed by atoms with Crippen LogP contribution >= 0.6 is 0 Å². The van der Waals surface area contributed by atoms with Crippen molar-refractivity contribution in [2.24, 2.45) is 0 Å². The van der Waals surface area contributed by atoms with E-state index in [0.717, 1.165) is 43.1 Å². The van der Waals surface area contributed by atoms with Gasteiger partial charge in [0.25, 0.3) is 0 Å². The van der Waals surface area contributed by atoms with Crippen LogP contribution in [0, 0.1) is 0 Å². The third kappa shape index (κ3) is 7.32. The summed E-state index contributed by atoms with van der Waals surface area (Å²) in [7, 11) is -3.73. The van der Waals surface area contributed by atoms with Gasteiger partial charge in [0, 0.05) is 12.6 Å². The van der Waals surface area contributed by atoms with Gasteiger partial charge >= 0.3 is 0 Å². The molecule has 1 aliphatic carbocycles. The summed E-state index contributed by atoms with van der Waals surface area (Å²) in [5.41, 5.74) is 2.40. The number of rotatable bonds is 12. The fraction of sp³-hybridized carbons (Fsp3) is 0.500. The lowest BCUT2D eigenvalue weighted by Crippen LogP contribution is -2.54. The Hall–Kier alpha value is -2.87. The first-order chi connectivity index (χ1) is 17.2. The quantitative estimate of drug-likeness (QED) is 0.466. The summed E-state index contributed by atoms with van der Waals surface area (Å²) in [6.07, 6.45) is 6.87. The smallest absolute Gasteiger partial charge is 0.244 e. The lowest BCUT2D eigenvalue weighted by molar-refractivity contribution is -0.139. The van der Waals surface area contributed by atoms with Crippen molar-refractivity contribution in [3.8, 4) is 0 Å². The number of carbonyl (C=O) groups excluding carboxylic acids is 2. The zero-order valence-corrected chi connectivity index (χ0v) is 22.5. The SMILES string of the molecule is CCc1ccccc1N(CC(=O)N(CCc1ccccc1)[C@@H](CC)C(=O)NC1CCCC1)S(C)(=O)=O. The molecule has 1 aliphatic rings. The molecule has 1 atom stereocenters. The van der Waals surface area contributed by atoms with Crippen molar-refractivity contribution in [2.45, 2.75) is 70.9 Å². The van der Waals surface area contributed by atoms with Crippen molar-refractivity contribution >= 4 is 27.5 Å². The molecule has 196 valence electrons. The molecule has 0 bridgehead atoms. The Morgan fingerprint density at radius 1 is 1.00 bits per heavy atom. The van der Waals surface area contributed by atoms with Crippen LogP contribution in [0.4, 0.5) is 5.69 Å². The number of aryl methyl sites for hydroxylation is 1. The maximum Gasteiger partial charge on any atom is 0.244 e. The van der Waals surface area contributed by atoms with E-state index >= 15 is 0 Å². The molecule has 2 aromatic carbocycles. The van der Waals surface area contributed by atoms with Crippen molar-refractivity contribution in [3.05, 3.63) is 65.7 Å². The molecule has 0 saturated heterocycles. The van der Waals surface area contributed by atoms with E-state index in [2.05, 4.69) is 5.32 Å². The van der Waals surface area contributed by atoms with E-state index in [4.69, 9.17) is 0 Å². The minimum Gasteiger partial charge on any atom is -0.352 e. The second-order valence-corrected chi connectivity index (χ2v) is 11.4. The fourth-order valence-corrected chi connectivity index (χ4v) is 5.79. The maximum atomic E-state index is 13.8. The Balaban J connectivity index is 1.88. The number of para-hydroxylation sites is 1. The van der Waals surface area contributed by atoms with Gasteiger partial charge in [-0.25, -0.2) is 8.42 Å². The van der Waals surface area contributed by atoms with Crippen LogP contribution in [-0.4, -0.2) is 56.6 Å². The number of anilines is 1. The third-order valence-corrected chi connectivity index (χ3v) is 8.02. The molecule has 1 saturated carbocycles. The van der Waals surface area contributed by atoms with Gasteiger partial charge in [-0.15, -0.1) is 0 Å². The van der Waals surface area contributed by atoms with Crippen LogP contribution < -0.4 is 9.62 Å². The van der Waals surface area contributed by atoms with Gasteiger partial charge in [0.1, 0.15) is 12.6 Å². The van der Waals surface area contributed by atoms with Crippen molar-refractivity contribution in [2.75, 3.05) is 23.7 Å². The molecule has 36 heavy (non-hydrogen) atoms. The molecule has 3 rings (SSSR count). The van der Waals surface area contributed by atoms with E-state index in [1.807, 2.05) is 56.3 Å². The molecule has 1 N–H and O–H groups in total. The average Bonchev–Trinajstić information content (AvgIpc) is 3.37. The molecule has 2 amide bonds. The van der Waals surface area contributed by atoms with Crippen LogP contribution in [-0.2, 0) is 32.5 Å². The summed E-state index contributed by atoms with van der Waals surface area (Å²) < 4.78 is 26.8. The van der Waals surface area contributed by atoms with Gasteiger partial charge in [-0.1, -0.05) is 75.2 Å². The van der Waals surface area contributed by atoms with Gasteiger partial charge in [-0.2, -0.15) is 0 Å². The molecule has 0 unspecified atom stereocenters. The predicted molar refractivity (Wildman–Crippen MR) is 144 cm³/mol. The highest BCUT2D eigenvalue weighted by Crippen LogP contribution is 2.24. The first-order valence-electron chi connectivity index (χ1n) is 12.9. The molecule has 0 radical (unpaired) electrons. The molecule has 8 heteroatoms. The van der Waals surface area contributed by atoms with Crippen molar-refractivity contribution < 1.29 is 18.0 Å². The number of hydrogen-bond acceptors (Lipinski definition) is 4. The van der Waals surface area contributed by atoms with Crippen molar-refractivity contribution in [1.82, 2.24) is 10.2 Å².